The van der Waals surface area contributed by atoms with Crippen LogP contribution in [-0.4, -0.2) is 15.0 Å². The van der Waals surface area contributed by atoms with Crippen LogP contribution in [0.2, 0.25) is 0 Å². The molecule has 0 bridgehead atoms. The van der Waals surface area contributed by atoms with Crippen LogP contribution in [0.4, 0.5) is 17.1 Å². The number of hydrogen-bond donors (Lipinski definition) is 0. The van der Waals surface area contributed by atoms with Crippen LogP contribution in [0.3, 0.4) is 0 Å². The van der Waals surface area contributed by atoms with Crippen molar-refractivity contribution in [1.29, 1.82) is 0 Å². The minimum Gasteiger partial charge on any atom is -0.455 e. The molecule has 0 aliphatic rings. The van der Waals surface area contributed by atoms with Crippen LogP contribution in [0.5, 0.6) is 0 Å². The average molecular weight is 799 g/mol. The predicted octanol–water partition coefficient (Wildman–Crippen LogP) is 15.4. The molecule has 0 saturated carbocycles. The minimum absolute atomic E-state index is 0.568. The van der Waals surface area contributed by atoms with Crippen LogP contribution in [0.15, 0.2) is 211 Å². The van der Waals surface area contributed by atoms with Crippen molar-refractivity contribution in [3.8, 4) is 45.3 Å². The van der Waals surface area contributed by atoms with Gasteiger partial charge in [0.05, 0.1) is 5.69 Å². The SMILES string of the molecule is c1ccc(-c2ccc(-c3nc(-c4ccccc4)nc(-c4cccc5c(N(c6ccccc6)c6ccc7c(c6)sc6ccccc67)cc6c7ccccc7oc6c45)n3)cc2)cc1. The standard InChI is InChI=1S/C55H34N4OS/c1-4-15-35(16-5-1)36-27-29-38(30-28-36)54-56-53(37-17-6-2-7-18-37)57-55(58-54)45-24-14-23-44-47(34-46-41-21-10-12-25-48(41)60-52(46)51(44)45)59(39-19-8-3-9-20-39)40-31-32-43-42-22-11-13-26-49(42)61-50(43)33-40/h1-34H. The molecular formula is C55H34N4OS. The van der Waals surface area contributed by atoms with Crippen molar-refractivity contribution in [2.45, 2.75) is 0 Å². The average Bonchev–Trinajstić information content (AvgIpc) is 3.90. The molecule has 0 amide bonds. The molecule has 9 aromatic carbocycles. The molecule has 0 atom stereocenters. The van der Waals surface area contributed by atoms with E-state index in [2.05, 4.69) is 163 Å². The Bertz CT molecular complexity index is 3580. The predicted molar refractivity (Wildman–Crippen MR) is 254 cm³/mol. The van der Waals surface area contributed by atoms with Gasteiger partial charge in [-0.3, -0.25) is 0 Å². The zero-order valence-corrected chi connectivity index (χ0v) is 33.6. The molecule has 0 fully saturated rings. The van der Waals surface area contributed by atoms with Crippen molar-refractivity contribution >= 4 is 81.3 Å². The Morgan fingerprint density at radius 1 is 0.377 bits per heavy atom. The Labute approximate surface area is 355 Å². The number of thiophene rings is 1. The van der Waals surface area contributed by atoms with Crippen molar-refractivity contribution < 1.29 is 4.42 Å². The number of furan rings is 1. The molecule has 61 heavy (non-hydrogen) atoms. The fraction of sp³-hybridized carbons (Fsp3) is 0. The lowest BCUT2D eigenvalue weighted by atomic mass is 9.97. The van der Waals surface area contributed by atoms with E-state index < -0.39 is 0 Å². The molecule has 3 aromatic heterocycles. The minimum atomic E-state index is 0.568. The molecule has 0 radical (unpaired) electrons. The number of para-hydroxylation sites is 2. The first-order valence-corrected chi connectivity index (χ1v) is 21.2. The van der Waals surface area contributed by atoms with Crippen molar-refractivity contribution in [3.05, 3.63) is 206 Å². The Morgan fingerprint density at radius 2 is 0.951 bits per heavy atom. The van der Waals surface area contributed by atoms with Gasteiger partial charge in [-0.2, -0.15) is 0 Å². The van der Waals surface area contributed by atoms with Crippen molar-refractivity contribution in [1.82, 2.24) is 15.0 Å². The summed E-state index contributed by atoms with van der Waals surface area (Å²) >= 11 is 1.83. The second-order valence-corrected chi connectivity index (χ2v) is 16.2. The number of aromatic nitrogens is 3. The first kappa shape index (κ1) is 35.1. The van der Waals surface area contributed by atoms with Crippen LogP contribution in [-0.2, 0) is 0 Å². The maximum Gasteiger partial charge on any atom is 0.164 e. The maximum absolute atomic E-state index is 6.86. The summed E-state index contributed by atoms with van der Waals surface area (Å²) in [6.07, 6.45) is 0. The maximum atomic E-state index is 6.86. The van der Waals surface area contributed by atoms with E-state index in [1.54, 1.807) is 0 Å². The molecule has 0 unspecified atom stereocenters. The number of rotatable bonds is 7. The van der Waals surface area contributed by atoms with E-state index in [1.807, 2.05) is 59.9 Å². The monoisotopic (exact) mass is 798 g/mol. The summed E-state index contributed by atoms with van der Waals surface area (Å²) < 4.78 is 9.38. The molecule has 0 aliphatic carbocycles. The Morgan fingerprint density at radius 3 is 1.72 bits per heavy atom. The number of nitrogens with zero attached hydrogens (tertiary/aromatic N) is 4. The third-order valence-electron chi connectivity index (χ3n) is 11.5. The van der Waals surface area contributed by atoms with Gasteiger partial charge in [-0.1, -0.05) is 164 Å². The summed E-state index contributed by atoms with van der Waals surface area (Å²) in [6, 6.07) is 72.1. The van der Waals surface area contributed by atoms with Crippen LogP contribution in [0.25, 0.3) is 98.2 Å². The second-order valence-electron chi connectivity index (χ2n) is 15.2. The van der Waals surface area contributed by atoms with Gasteiger partial charge in [-0.25, -0.2) is 15.0 Å². The van der Waals surface area contributed by atoms with Crippen molar-refractivity contribution in [2.75, 3.05) is 4.90 Å². The van der Waals surface area contributed by atoms with Gasteiger partial charge in [0.1, 0.15) is 11.2 Å². The molecule has 12 aromatic rings. The molecule has 0 aliphatic heterocycles. The number of benzene rings is 9. The highest BCUT2D eigenvalue weighted by atomic mass is 32.1. The molecule has 286 valence electrons. The summed E-state index contributed by atoms with van der Waals surface area (Å²) in [5.41, 5.74) is 9.72. The molecule has 0 spiro atoms. The third kappa shape index (κ3) is 6.04. The van der Waals surface area contributed by atoms with Crippen molar-refractivity contribution in [3.63, 3.8) is 0 Å². The number of anilines is 3. The molecule has 0 saturated heterocycles. The van der Waals surface area contributed by atoms with Gasteiger partial charge in [0.15, 0.2) is 17.5 Å². The summed E-state index contributed by atoms with van der Waals surface area (Å²) in [7, 11) is 0. The smallest absolute Gasteiger partial charge is 0.164 e. The van der Waals surface area contributed by atoms with E-state index in [0.29, 0.717) is 17.5 Å². The second kappa shape index (κ2) is 14.4. The highest BCUT2D eigenvalue weighted by Crippen LogP contribution is 2.48. The fourth-order valence-corrected chi connectivity index (χ4v) is 9.77. The van der Waals surface area contributed by atoms with Crippen LogP contribution < -0.4 is 4.90 Å². The molecule has 12 rings (SSSR count). The number of hydrogen-bond acceptors (Lipinski definition) is 6. The van der Waals surface area contributed by atoms with E-state index in [-0.39, 0.29) is 0 Å². The molecule has 6 heteroatoms. The Balaban J connectivity index is 1.12. The number of fused-ring (bicyclic) bond motifs is 8. The van der Waals surface area contributed by atoms with Gasteiger partial charge in [-0.15, -0.1) is 11.3 Å². The van der Waals surface area contributed by atoms with E-state index in [9.17, 15) is 0 Å². The van der Waals surface area contributed by atoms with Gasteiger partial charge in [0.2, 0.25) is 0 Å². The Hall–Kier alpha value is -7.93. The van der Waals surface area contributed by atoms with Crippen LogP contribution in [0.1, 0.15) is 0 Å². The summed E-state index contributed by atoms with van der Waals surface area (Å²) in [5.74, 6) is 1.77. The fourth-order valence-electron chi connectivity index (χ4n) is 8.63. The highest BCUT2D eigenvalue weighted by molar-refractivity contribution is 7.25. The largest absolute Gasteiger partial charge is 0.455 e. The van der Waals surface area contributed by atoms with Crippen LogP contribution >= 0.6 is 11.3 Å². The normalized spacial score (nSPS) is 11.6. The van der Waals surface area contributed by atoms with E-state index in [4.69, 9.17) is 19.4 Å². The first-order chi connectivity index (χ1) is 30.2. The molecule has 5 nitrogen and oxygen atoms in total. The lowest BCUT2D eigenvalue weighted by molar-refractivity contribution is 0.672. The van der Waals surface area contributed by atoms with Gasteiger partial charge in [-0.05, 0) is 53.6 Å². The van der Waals surface area contributed by atoms with E-state index >= 15 is 0 Å². The molecule has 0 N–H and O–H groups in total. The lowest BCUT2D eigenvalue weighted by Gasteiger charge is -2.27. The van der Waals surface area contributed by atoms with Gasteiger partial charge in [0, 0.05) is 69.8 Å². The van der Waals surface area contributed by atoms with E-state index in [1.165, 1.54) is 20.2 Å². The van der Waals surface area contributed by atoms with Gasteiger partial charge in [0.25, 0.3) is 0 Å². The lowest BCUT2D eigenvalue weighted by Crippen LogP contribution is -2.10. The van der Waals surface area contributed by atoms with E-state index in [0.717, 1.165) is 77.6 Å². The third-order valence-corrected chi connectivity index (χ3v) is 12.7. The zero-order chi connectivity index (χ0) is 40.3. The summed E-state index contributed by atoms with van der Waals surface area (Å²) in [5, 5.41) is 6.55. The zero-order valence-electron chi connectivity index (χ0n) is 32.7. The van der Waals surface area contributed by atoms with Crippen LogP contribution in [0, 0.1) is 0 Å². The van der Waals surface area contributed by atoms with Gasteiger partial charge < -0.3 is 9.32 Å². The topological polar surface area (TPSA) is 55.1 Å². The summed E-state index contributed by atoms with van der Waals surface area (Å²) in [4.78, 5) is 18.0. The van der Waals surface area contributed by atoms with Gasteiger partial charge >= 0.3 is 0 Å². The first-order valence-electron chi connectivity index (χ1n) is 20.3. The summed E-state index contributed by atoms with van der Waals surface area (Å²) in [6.45, 7) is 0. The Kier molecular flexibility index (Phi) is 8.28. The highest BCUT2D eigenvalue weighted by Gasteiger charge is 2.24. The molecule has 3 heterocycles. The molecular weight excluding hydrogens is 765 g/mol. The van der Waals surface area contributed by atoms with Crippen molar-refractivity contribution in [2.24, 2.45) is 0 Å². The quantitative estimate of drug-likeness (QED) is 0.161.